The van der Waals surface area contributed by atoms with Crippen LogP contribution in [0.15, 0.2) is 77.2 Å². The Bertz CT molecular complexity index is 1630. The predicted molar refractivity (Wildman–Crippen MR) is 146 cm³/mol. The molecule has 0 saturated carbocycles. The van der Waals surface area contributed by atoms with Crippen molar-refractivity contribution in [2.45, 2.75) is 13.0 Å². The normalized spacial score (nSPS) is 13.1. The summed E-state index contributed by atoms with van der Waals surface area (Å²) in [4.78, 5) is 64.1. The van der Waals surface area contributed by atoms with Gasteiger partial charge in [-0.3, -0.25) is 24.1 Å². The first kappa shape index (κ1) is 26.2. The quantitative estimate of drug-likeness (QED) is 0.292. The van der Waals surface area contributed by atoms with Crippen molar-refractivity contribution >= 4 is 52.0 Å². The van der Waals surface area contributed by atoms with Gasteiger partial charge in [0.15, 0.2) is 5.76 Å². The van der Waals surface area contributed by atoms with Crippen LogP contribution in [-0.4, -0.2) is 53.1 Å². The number of para-hydroxylation sites is 1. The molecule has 40 heavy (non-hydrogen) atoms. The van der Waals surface area contributed by atoms with E-state index in [4.69, 9.17) is 10.2 Å². The van der Waals surface area contributed by atoms with E-state index in [9.17, 15) is 24.0 Å². The lowest BCUT2D eigenvalue weighted by Crippen LogP contribution is -2.31. The number of carbonyl (C=O) groups is 5. The number of carbonyl (C=O) groups excluding carboxylic acids is 5. The first-order chi connectivity index (χ1) is 19.2. The minimum Gasteiger partial charge on any atom is -0.451 e. The lowest BCUT2D eigenvalue weighted by atomic mass is 10.1. The molecule has 11 nitrogen and oxygen atoms in total. The van der Waals surface area contributed by atoms with Gasteiger partial charge in [-0.25, -0.2) is 4.79 Å². The number of rotatable bonds is 8. The van der Waals surface area contributed by atoms with Crippen molar-refractivity contribution in [1.29, 1.82) is 0 Å². The van der Waals surface area contributed by atoms with E-state index in [1.165, 1.54) is 24.1 Å². The number of primary amides is 1. The van der Waals surface area contributed by atoms with E-state index in [1.807, 2.05) is 18.2 Å². The third-order valence-corrected chi connectivity index (χ3v) is 6.45. The lowest BCUT2D eigenvalue weighted by molar-refractivity contribution is -0.125. The van der Waals surface area contributed by atoms with Gasteiger partial charge in [-0.1, -0.05) is 36.4 Å². The minimum absolute atomic E-state index is 0.0116. The first-order valence-electron chi connectivity index (χ1n) is 12.3. The second-order valence-electron chi connectivity index (χ2n) is 9.38. The van der Waals surface area contributed by atoms with Crippen molar-refractivity contribution in [3.05, 3.63) is 95.2 Å². The Hall–Kier alpha value is -5.45. The summed E-state index contributed by atoms with van der Waals surface area (Å²) >= 11 is 0. The number of urea groups is 1. The highest BCUT2D eigenvalue weighted by atomic mass is 16.3. The van der Waals surface area contributed by atoms with Crippen LogP contribution in [0.1, 0.15) is 32.0 Å². The number of nitrogens with two attached hydrogens (primary N) is 1. The molecule has 11 heteroatoms. The third-order valence-electron chi connectivity index (χ3n) is 6.45. The number of benzene rings is 3. The monoisotopic (exact) mass is 539 g/mol. The van der Waals surface area contributed by atoms with Crippen LogP contribution in [-0.2, 0) is 22.6 Å². The van der Waals surface area contributed by atoms with Crippen LogP contribution in [0.25, 0.3) is 11.0 Å². The summed E-state index contributed by atoms with van der Waals surface area (Å²) in [7, 11) is 1.52. The summed E-state index contributed by atoms with van der Waals surface area (Å²) in [6, 6.07) is 19.7. The number of nitrogens with one attached hydrogen (secondary N) is 2. The molecule has 202 valence electrons. The fraction of sp³-hybridized carbons (Fsp3) is 0.138. The van der Waals surface area contributed by atoms with E-state index in [0.29, 0.717) is 22.4 Å². The van der Waals surface area contributed by atoms with Gasteiger partial charge in [-0.05, 0) is 47.5 Å². The van der Waals surface area contributed by atoms with Crippen molar-refractivity contribution in [2.75, 3.05) is 24.2 Å². The molecule has 0 spiro atoms. The van der Waals surface area contributed by atoms with E-state index < -0.39 is 23.8 Å². The zero-order valence-corrected chi connectivity index (χ0v) is 21.5. The molecule has 1 saturated heterocycles. The smallest absolute Gasteiger partial charge is 0.327 e. The van der Waals surface area contributed by atoms with Crippen molar-refractivity contribution in [2.24, 2.45) is 5.73 Å². The molecular weight excluding hydrogens is 514 g/mol. The van der Waals surface area contributed by atoms with Gasteiger partial charge in [-0.15, -0.1) is 0 Å². The number of imide groups is 1. The molecule has 0 aliphatic carbocycles. The SMILES string of the molecule is CN1CC(=O)N(Cc2ccc(C(N)=O)cc2NC(=O)Cc2ccc(NC(=O)c3cc4ccccc4o3)cc2)C1=O. The Morgan fingerprint density at radius 2 is 1.70 bits per heavy atom. The van der Waals surface area contributed by atoms with Crippen molar-refractivity contribution < 1.29 is 28.4 Å². The summed E-state index contributed by atoms with van der Waals surface area (Å²) in [5, 5.41) is 6.35. The van der Waals surface area contributed by atoms with Crippen LogP contribution in [0.3, 0.4) is 0 Å². The molecule has 1 fully saturated rings. The van der Waals surface area contributed by atoms with Crippen LogP contribution in [0, 0.1) is 0 Å². The Morgan fingerprint density at radius 3 is 2.38 bits per heavy atom. The fourth-order valence-corrected chi connectivity index (χ4v) is 4.35. The van der Waals surface area contributed by atoms with Crippen LogP contribution < -0.4 is 16.4 Å². The van der Waals surface area contributed by atoms with E-state index in [0.717, 1.165) is 10.3 Å². The van der Waals surface area contributed by atoms with Crippen LogP contribution >= 0.6 is 0 Å². The molecule has 4 N–H and O–H groups in total. The van der Waals surface area contributed by atoms with Crippen molar-refractivity contribution in [3.63, 3.8) is 0 Å². The Labute approximate surface area is 228 Å². The van der Waals surface area contributed by atoms with E-state index in [-0.39, 0.29) is 42.4 Å². The summed E-state index contributed by atoms with van der Waals surface area (Å²) < 4.78 is 5.59. The number of hydrogen-bond acceptors (Lipinski definition) is 6. The number of nitrogens with zero attached hydrogens (tertiary/aromatic N) is 2. The zero-order chi connectivity index (χ0) is 28.4. The molecule has 1 aliphatic heterocycles. The maximum absolute atomic E-state index is 12.9. The maximum atomic E-state index is 12.9. The van der Waals surface area contributed by atoms with Gasteiger partial charge >= 0.3 is 6.03 Å². The first-order valence-corrected chi connectivity index (χ1v) is 12.3. The molecular formula is C29H25N5O6. The standard InChI is InChI=1S/C29H25N5O6/c1-33-16-26(36)34(29(33)39)15-20-9-8-19(27(30)37)13-22(20)32-25(35)12-17-6-10-21(11-7-17)31-28(38)24-14-18-4-2-3-5-23(18)40-24/h2-11,13-14H,12,15-16H2,1H3,(H2,30,37)(H,31,38)(H,32,35). The number of anilines is 2. The zero-order valence-electron chi connectivity index (χ0n) is 21.5. The summed E-state index contributed by atoms with van der Waals surface area (Å²) in [6.45, 7) is -0.106. The van der Waals surface area contributed by atoms with E-state index in [2.05, 4.69) is 10.6 Å². The fourth-order valence-electron chi connectivity index (χ4n) is 4.35. The van der Waals surface area contributed by atoms with E-state index >= 15 is 0 Å². The van der Waals surface area contributed by atoms with Gasteiger partial charge in [0.05, 0.1) is 13.0 Å². The number of furan rings is 1. The summed E-state index contributed by atoms with van der Waals surface area (Å²) in [5.74, 6) is -1.66. The molecule has 1 aliphatic rings. The predicted octanol–water partition coefficient (Wildman–Crippen LogP) is 3.36. The van der Waals surface area contributed by atoms with Gasteiger partial charge in [-0.2, -0.15) is 0 Å². The average Bonchev–Trinajstić information content (AvgIpc) is 3.47. The number of hydrogen-bond donors (Lipinski definition) is 3. The molecule has 5 rings (SSSR count). The highest BCUT2D eigenvalue weighted by molar-refractivity contribution is 6.05. The Balaban J connectivity index is 1.25. The molecule has 4 aromatic rings. The van der Waals surface area contributed by atoms with Crippen LogP contribution in [0.5, 0.6) is 0 Å². The third kappa shape index (κ3) is 5.53. The number of fused-ring (bicyclic) bond motifs is 1. The summed E-state index contributed by atoms with van der Waals surface area (Å²) in [5.41, 5.74) is 8.12. The van der Waals surface area contributed by atoms with Crippen LogP contribution in [0.4, 0.5) is 16.2 Å². The molecule has 2 heterocycles. The molecule has 0 radical (unpaired) electrons. The van der Waals surface area contributed by atoms with Crippen molar-refractivity contribution in [1.82, 2.24) is 9.80 Å². The minimum atomic E-state index is -0.685. The highest BCUT2D eigenvalue weighted by Crippen LogP contribution is 2.23. The number of likely N-dealkylation sites (N-methyl/N-ethyl adjacent to an activating group) is 1. The maximum Gasteiger partial charge on any atom is 0.327 e. The molecule has 3 aromatic carbocycles. The average molecular weight is 540 g/mol. The molecule has 6 amide bonds. The topological polar surface area (TPSA) is 155 Å². The second kappa shape index (κ2) is 10.7. The second-order valence-corrected chi connectivity index (χ2v) is 9.38. The molecule has 1 aromatic heterocycles. The Kier molecular flexibility index (Phi) is 7.02. The summed E-state index contributed by atoms with van der Waals surface area (Å²) in [6.07, 6.45) is -0.0116. The van der Waals surface area contributed by atoms with Gasteiger partial charge in [0.25, 0.3) is 11.8 Å². The van der Waals surface area contributed by atoms with Gasteiger partial charge in [0.2, 0.25) is 11.8 Å². The van der Waals surface area contributed by atoms with Crippen LogP contribution in [0.2, 0.25) is 0 Å². The molecule has 0 bridgehead atoms. The molecule has 0 atom stereocenters. The lowest BCUT2D eigenvalue weighted by Gasteiger charge is -2.18. The van der Waals surface area contributed by atoms with Crippen molar-refractivity contribution in [3.8, 4) is 0 Å². The largest absolute Gasteiger partial charge is 0.451 e. The van der Waals surface area contributed by atoms with Gasteiger partial charge < -0.3 is 25.7 Å². The molecule has 0 unspecified atom stereocenters. The number of amides is 6. The van der Waals surface area contributed by atoms with E-state index in [1.54, 1.807) is 42.5 Å². The van der Waals surface area contributed by atoms with Gasteiger partial charge in [0.1, 0.15) is 12.1 Å². The Morgan fingerprint density at radius 1 is 0.950 bits per heavy atom. The highest BCUT2D eigenvalue weighted by Gasteiger charge is 2.34. The van der Waals surface area contributed by atoms with Gasteiger partial charge in [0, 0.05) is 29.4 Å².